The molecule has 0 saturated carbocycles. The maximum Gasteiger partial charge on any atom is 0.338 e. The summed E-state index contributed by atoms with van der Waals surface area (Å²) in [5, 5.41) is 2.93. The van der Waals surface area contributed by atoms with Crippen LogP contribution >= 0.6 is 0 Å². The minimum Gasteiger partial charge on any atom is -0.462 e. The van der Waals surface area contributed by atoms with Gasteiger partial charge in [0.25, 0.3) is 0 Å². The fourth-order valence-corrected chi connectivity index (χ4v) is 3.61. The van der Waals surface area contributed by atoms with Gasteiger partial charge in [0.1, 0.15) is 11.6 Å². The molecule has 0 spiro atoms. The average Bonchev–Trinajstić information content (AvgIpc) is 2.87. The summed E-state index contributed by atoms with van der Waals surface area (Å²) >= 11 is 0. The second-order valence-corrected chi connectivity index (χ2v) is 7.04. The molecule has 1 N–H and O–H groups in total. The molecule has 0 heterocycles. The van der Waals surface area contributed by atoms with Crippen LogP contribution in [0.1, 0.15) is 44.3 Å². The molecule has 1 aliphatic rings. The average molecular weight is 407 g/mol. The summed E-state index contributed by atoms with van der Waals surface area (Å²) in [6.45, 7) is 1.99. The number of hydrogen-bond acceptors (Lipinski definition) is 4. The van der Waals surface area contributed by atoms with Crippen LogP contribution in [-0.4, -0.2) is 18.4 Å². The van der Waals surface area contributed by atoms with Gasteiger partial charge >= 0.3 is 5.97 Å². The quantitative estimate of drug-likeness (QED) is 0.603. The monoisotopic (exact) mass is 407 g/mol. The predicted molar refractivity (Wildman–Crippen MR) is 109 cm³/mol. The maximum atomic E-state index is 13.9. The molecule has 30 heavy (non-hydrogen) atoms. The van der Waals surface area contributed by atoms with E-state index in [0.29, 0.717) is 35.2 Å². The number of halogens is 2. The highest BCUT2D eigenvalue weighted by Gasteiger charge is 2.23. The third kappa shape index (κ3) is 3.81. The van der Waals surface area contributed by atoms with Crippen molar-refractivity contribution in [2.75, 3.05) is 11.9 Å². The first-order chi connectivity index (χ1) is 14.5. The molecule has 0 aromatic heterocycles. The van der Waals surface area contributed by atoms with E-state index in [1.807, 2.05) is 0 Å². The molecule has 0 bridgehead atoms. The highest BCUT2D eigenvalue weighted by Crippen LogP contribution is 2.29. The van der Waals surface area contributed by atoms with Gasteiger partial charge in [-0.1, -0.05) is 6.07 Å². The second-order valence-electron chi connectivity index (χ2n) is 7.04. The van der Waals surface area contributed by atoms with Gasteiger partial charge in [-0.05, 0) is 73.4 Å². The van der Waals surface area contributed by atoms with Gasteiger partial charge in [0.15, 0.2) is 5.78 Å². The van der Waals surface area contributed by atoms with E-state index in [2.05, 4.69) is 5.32 Å². The molecule has 0 unspecified atom stereocenters. The highest BCUT2D eigenvalue weighted by atomic mass is 19.1. The molecule has 1 aliphatic carbocycles. The zero-order valence-electron chi connectivity index (χ0n) is 16.3. The van der Waals surface area contributed by atoms with E-state index in [4.69, 9.17) is 4.74 Å². The first-order valence-corrected chi connectivity index (χ1v) is 9.66. The van der Waals surface area contributed by atoms with Gasteiger partial charge in [-0.2, -0.15) is 0 Å². The van der Waals surface area contributed by atoms with Crippen LogP contribution in [0.25, 0.3) is 0 Å². The number of anilines is 2. The van der Waals surface area contributed by atoms with Gasteiger partial charge in [0.05, 0.1) is 17.9 Å². The number of ketones is 1. The Hall–Kier alpha value is -3.54. The summed E-state index contributed by atoms with van der Waals surface area (Å²) in [5.74, 6) is -1.97. The predicted octanol–water partition coefficient (Wildman–Crippen LogP) is 5.21. The SMILES string of the molecule is CCOC(=O)c1ccc2c(c1)C(=O)c1ccc(Nc3ccc(F)cc3F)cc1CC2. The van der Waals surface area contributed by atoms with Gasteiger partial charge in [-0.25, -0.2) is 13.6 Å². The number of esters is 1. The van der Waals surface area contributed by atoms with E-state index in [9.17, 15) is 18.4 Å². The third-order valence-corrected chi connectivity index (χ3v) is 5.09. The molecule has 3 aromatic carbocycles. The molecule has 4 nitrogen and oxygen atoms in total. The minimum atomic E-state index is -0.695. The van der Waals surface area contributed by atoms with E-state index in [1.165, 1.54) is 12.1 Å². The van der Waals surface area contributed by atoms with Crippen LogP contribution in [0.15, 0.2) is 54.6 Å². The number of nitrogens with one attached hydrogen (secondary N) is 1. The van der Waals surface area contributed by atoms with Crippen molar-refractivity contribution in [3.63, 3.8) is 0 Å². The number of benzene rings is 3. The normalized spacial score (nSPS) is 12.6. The lowest BCUT2D eigenvalue weighted by Gasteiger charge is -2.11. The second kappa shape index (κ2) is 8.06. The van der Waals surface area contributed by atoms with Crippen LogP contribution in [0.2, 0.25) is 0 Å². The van der Waals surface area contributed by atoms with Crippen LogP contribution < -0.4 is 5.32 Å². The number of ether oxygens (including phenoxy) is 1. The summed E-state index contributed by atoms with van der Waals surface area (Å²) < 4.78 is 32.1. The third-order valence-electron chi connectivity index (χ3n) is 5.09. The van der Waals surface area contributed by atoms with E-state index in [0.717, 1.165) is 17.2 Å². The lowest BCUT2D eigenvalue weighted by Crippen LogP contribution is -2.09. The van der Waals surface area contributed by atoms with Crippen molar-refractivity contribution < 1.29 is 23.1 Å². The van der Waals surface area contributed by atoms with Crippen molar-refractivity contribution in [1.82, 2.24) is 0 Å². The molecule has 0 atom stereocenters. The summed E-state index contributed by atoms with van der Waals surface area (Å²) in [7, 11) is 0. The van der Waals surface area contributed by atoms with Crippen molar-refractivity contribution in [3.05, 3.63) is 94.0 Å². The Kier molecular flexibility index (Phi) is 5.31. The fraction of sp³-hybridized carbons (Fsp3) is 0.167. The van der Waals surface area contributed by atoms with Gasteiger partial charge in [-0.15, -0.1) is 0 Å². The summed E-state index contributed by atoms with van der Waals surface area (Å²) in [6, 6.07) is 13.5. The van der Waals surface area contributed by atoms with E-state index in [1.54, 1.807) is 43.3 Å². The lowest BCUT2D eigenvalue weighted by atomic mass is 9.97. The Morgan fingerprint density at radius 3 is 2.53 bits per heavy atom. The zero-order chi connectivity index (χ0) is 21.3. The van der Waals surface area contributed by atoms with Gasteiger partial charge in [0.2, 0.25) is 0 Å². The Balaban J connectivity index is 1.65. The fourth-order valence-electron chi connectivity index (χ4n) is 3.61. The Bertz CT molecular complexity index is 1160. The Labute approximate surface area is 172 Å². The molecule has 0 aliphatic heterocycles. The summed E-state index contributed by atoms with van der Waals surface area (Å²) in [4.78, 5) is 25.2. The number of hydrogen-bond donors (Lipinski definition) is 1. The molecule has 0 saturated heterocycles. The van der Waals surface area contributed by atoms with E-state index in [-0.39, 0.29) is 18.1 Å². The lowest BCUT2D eigenvalue weighted by molar-refractivity contribution is 0.0526. The molecule has 3 aromatic rings. The van der Waals surface area contributed by atoms with Crippen LogP contribution in [0, 0.1) is 11.6 Å². The topological polar surface area (TPSA) is 55.4 Å². The Morgan fingerprint density at radius 1 is 0.967 bits per heavy atom. The number of fused-ring (bicyclic) bond motifs is 2. The van der Waals surface area contributed by atoms with Gasteiger partial charge in [-0.3, -0.25) is 4.79 Å². The minimum absolute atomic E-state index is 0.152. The van der Waals surface area contributed by atoms with Crippen molar-refractivity contribution in [2.24, 2.45) is 0 Å². The molecule has 152 valence electrons. The van der Waals surface area contributed by atoms with Crippen LogP contribution in [-0.2, 0) is 17.6 Å². The van der Waals surface area contributed by atoms with Gasteiger partial charge < -0.3 is 10.1 Å². The van der Waals surface area contributed by atoms with E-state index < -0.39 is 17.6 Å². The molecule has 4 rings (SSSR count). The number of carbonyl (C=O) groups excluding carboxylic acids is 2. The number of rotatable bonds is 4. The van der Waals surface area contributed by atoms with Crippen LogP contribution in [0.5, 0.6) is 0 Å². The zero-order valence-corrected chi connectivity index (χ0v) is 16.3. The summed E-state index contributed by atoms with van der Waals surface area (Å²) in [5.41, 5.74) is 3.82. The number of carbonyl (C=O) groups is 2. The molecule has 6 heteroatoms. The molecule has 0 fully saturated rings. The maximum absolute atomic E-state index is 13.9. The van der Waals surface area contributed by atoms with E-state index >= 15 is 0 Å². The van der Waals surface area contributed by atoms with Crippen LogP contribution in [0.3, 0.4) is 0 Å². The highest BCUT2D eigenvalue weighted by molar-refractivity contribution is 6.12. The van der Waals surface area contributed by atoms with Crippen molar-refractivity contribution in [2.45, 2.75) is 19.8 Å². The molecule has 0 amide bonds. The molecular weight excluding hydrogens is 388 g/mol. The number of aryl methyl sites for hydroxylation is 2. The molecule has 0 radical (unpaired) electrons. The first-order valence-electron chi connectivity index (χ1n) is 9.66. The van der Waals surface area contributed by atoms with Crippen molar-refractivity contribution in [1.29, 1.82) is 0 Å². The molecular formula is C24H19F2NO3. The van der Waals surface area contributed by atoms with Crippen molar-refractivity contribution >= 4 is 23.1 Å². The summed E-state index contributed by atoms with van der Waals surface area (Å²) in [6.07, 6.45) is 1.25. The largest absolute Gasteiger partial charge is 0.462 e. The smallest absolute Gasteiger partial charge is 0.338 e. The van der Waals surface area contributed by atoms with Crippen LogP contribution in [0.4, 0.5) is 20.2 Å². The standard InChI is InChI=1S/C24H19F2NO3/c1-2-30-24(29)16-6-4-14-3-5-15-11-18(8-9-19(15)23(28)20(14)12-16)27-22-10-7-17(25)13-21(22)26/h4,6-13,27H,2-3,5H2,1H3. The van der Waals surface area contributed by atoms with Crippen molar-refractivity contribution in [3.8, 4) is 0 Å². The first kappa shape index (κ1) is 19.8. The van der Waals surface area contributed by atoms with Gasteiger partial charge in [0, 0.05) is 22.9 Å². The Morgan fingerprint density at radius 2 is 1.77 bits per heavy atom.